The van der Waals surface area contributed by atoms with Gasteiger partial charge >= 0.3 is 0 Å². The number of hydrogen-bond acceptors (Lipinski definition) is 3. The van der Waals surface area contributed by atoms with E-state index in [9.17, 15) is 9.18 Å². The Morgan fingerprint density at radius 1 is 1.21 bits per heavy atom. The van der Waals surface area contributed by atoms with Crippen LogP contribution < -0.4 is 10.6 Å². The maximum Gasteiger partial charge on any atom is 0.225 e. The number of carbonyl (C=O) groups excluding carboxylic acids is 1. The average Bonchev–Trinajstić information content (AvgIpc) is 2.59. The summed E-state index contributed by atoms with van der Waals surface area (Å²) >= 11 is 1.78. The first-order valence-corrected chi connectivity index (χ1v) is 9.23. The average molecular weight is 342 g/mol. The lowest BCUT2D eigenvalue weighted by molar-refractivity contribution is -0.116. The molecule has 3 nitrogen and oxygen atoms in total. The van der Waals surface area contributed by atoms with Crippen LogP contribution in [0.3, 0.4) is 0 Å². The van der Waals surface area contributed by atoms with Crippen LogP contribution in [0.25, 0.3) is 0 Å². The van der Waals surface area contributed by atoms with Gasteiger partial charge in [0.25, 0.3) is 0 Å². The molecule has 0 radical (unpaired) electrons. The minimum atomic E-state index is -0.189. The van der Waals surface area contributed by atoms with Gasteiger partial charge in [-0.15, -0.1) is 11.8 Å². The molecule has 2 aromatic rings. The highest BCUT2D eigenvalue weighted by Crippen LogP contribution is 2.37. The van der Waals surface area contributed by atoms with E-state index >= 15 is 0 Å². The third-order valence-corrected chi connectivity index (χ3v) is 5.85. The van der Waals surface area contributed by atoms with E-state index < -0.39 is 0 Å². The molecule has 0 fully saturated rings. The minimum absolute atomic E-state index is 0.0612. The molecular weight excluding hydrogens is 323 g/mol. The highest BCUT2D eigenvalue weighted by Gasteiger charge is 2.27. The maximum atomic E-state index is 13.6. The second-order valence-electron chi connectivity index (χ2n) is 6.32. The second kappa shape index (κ2) is 6.57. The van der Waals surface area contributed by atoms with Gasteiger partial charge in [-0.2, -0.15) is 0 Å². The zero-order valence-corrected chi connectivity index (χ0v) is 14.0. The summed E-state index contributed by atoms with van der Waals surface area (Å²) in [4.78, 5) is 13.1. The zero-order valence-electron chi connectivity index (χ0n) is 13.2. The van der Waals surface area contributed by atoms with E-state index in [-0.39, 0.29) is 23.7 Å². The third-order valence-electron chi connectivity index (χ3n) is 4.73. The van der Waals surface area contributed by atoms with Crippen LogP contribution in [-0.2, 0) is 4.79 Å². The Morgan fingerprint density at radius 2 is 2.08 bits per heavy atom. The molecule has 2 atom stereocenters. The zero-order chi connectivity index (χ0) is 16.5. The van der Waals surface area contributed by atoms with Crippen molar-refractivity contribution in [1.29, 1.82) is 0 Å². The Morgan fingerprint density at radius 3 is 3.00 bits per heavy atom. The van der Waals surface area contributed by atoms with E-state index in [0.717, 1.165) is 34.9 Å². The number of para-hydroxylation sites is 1. The van der Waals surface area contributed by atoms with E-state index in [1.54, 1.807) is 17.8 Å². The molecule has 2 aliphatic rings. The Balaban J connectivity index is 1.52. The van der Waals surface area contributed by atoms with Crippen molar-refractivity contribution in [2.75, 3.05) is 17.6 Å². The first-order chi connectivity index (χ1) is 11.7. The number of hydrogen-bond donors (Lipinski definition) is 2. The smallest absolute Gasteiger partial charge is 0.225 e. The molecule has 0 unspecified atom stereocenters. The minimum Gasteiger partial charge on any atom is -0.326 e. The standard InChI is InChI=1S/C19H19FN2OS/c20-13-5-6-18-15(10-13)16(7-8-24-18)21-11-12-9-19(23)22-17-4-2-1-3-14(12)17/h1-6,10,12,16,21H,7-9,11H2,(H,22,23)/t12-,16-/m1/s1. The summed E-state index contributed by atoms with van der Waals surface area (Å²) in [5.74, 6) is 1.05. The lowest BCUT2D eigenvalue weighted by Crippen LogP contribution is -2.33. The van der Waals surface area contributed by atoms with E-state index in [2.05, 4.69) is 16.7 Å². The van der Waals surface area contributed by atoms with Gasteiger partial charge in [-0.05, 0) is 47.6 Å². The molecule has 0 bridgehead atoms. The van der Waals surface area contributed by atoms with Gasteiger partial charge < -0.3 is 10.6 Å². The first kappa shape index (κ1) is 15.7. The first-order valence-electron chi connectivity index (χ1n) is 8.25. The predicted molar refractivity (Wildman–Crippen MR) is 94.9 cm³/mol. The predicted octanol–water partition coefficient (Wildman–Crippen LogP) is 4.08. The Bertz CT molecular complexity index is 780. The summed E-state index contributed by atoms with van der Waals surface area (Å²) in [7, 11) is 0. The lowest BCUT2D eigenvalue weighted by atomic mass is 9.90. The van der Waals surface area contributed by atoms with Crippen molar-refractivity contribution in [3.8, 4) is 0 Å². The molecule has 0 saturated carbocycles. The van der Waals surface area contributed by atoms with Crippen molar-refractivity contribution in [1.82, 2.24) is 5.32 Å². The fourth-order valence-corrected chi connectivity index (χ4v) is 4.65. The van der Waals surface area contributed by atoms with Gasteiger partial charge in [0, 0.05) is 35.5 Å². The van der Waals surface area contributed by atoms with Crippen LogP contribution in [0, 0.1) is 5.82 Å². The molecule has 2 heterocycles. The maximum absolute atomic E-state index is 13.6. The Hall–Kier alpha value is -1.85. The van der Waals surface area contributed by atoms with Gasteiger partial charge in [0.2, 0.25) is 5.91 Å². The second-order valence-corrected chi connectivity index (χ2v) is 7.45. The normalized spacial score (nSPS) is 22.5. The number of amides is 1. The third kappa shape index (κ3) is 3.06. The highest BCUT2D eigenvalue weighted by atomic mass is 32.2. The van der Waals surface area contributed by atoms with Crippen LogP contribution in [0.1, 0.15) is 35.9 Å². The monoisotopic (exact) mass is 342 g/mol. The van der Waals surface area contributed by atoms with Crippen LogP contribution in [0.4, 0.5) is 10.1 Å². The van der Waals surface area contributed by atoms with Crippen LogP contribution >= 0.6 is 11.8 Å². The van der Waals surface area contributed by atoms with Gasteiger partial charge in [0.05, 0.1) is 0 Å². The summed E-state index contributed by atoms with van der Waals surface area (Å²) < 4.78 is 13.6. The van der Waals surface area contributed by atoms with Gasteiger partial charge in [-0.3, -0.25) is 4.79 Å². The summed E-state index contributed by atoms with van der Waals surface area (Å²) in [6.45, 7) is 0.718. The molecular formula is C19H19FN2OS. The van der Waals surface area contributed by atoms with E-state index in [1.165, 1.54) is 11.6 Å². The molecule has 2 aromatic carbocycles. The fourth-order valence-electron chi connectivity index (χ4n) is 3.55. The molecule has 1 amide bonds. The Kier molecular flexibility index (Phi) is 4.29. The number of rotatable bonds is 3. The van der Waals surface area contributed by atoms with Crippen molar-refractivity contribution >= 4 is 23.4 Å². The number of halogens is 1. The number of nitrogens with one attached hydrogen (secondary N) is 2. The van der Waals surface area contributed by atoms with Crippen LogP contribution in [0.2, 0.25) is 0 Å². The largest absolute Gasteiger partial charge is 0.326 e. The molecule has 0 saturated heterocycles. The van der Waals surface area contributed by atoms with E-state index in [0.29, 0.717) is 6.42 Å². The van der Waals surface area contributed by atoms with Crippen LogP contribution in [0.15, 0.2) is 47.4 Å². The number of anilines is 1. The van der Waals surface area contributed by atoms with Crippen molar-refractivity contribution in [3.05, 3.63) is 59.4 Å². The SMILES string of the molecule is O=C1C[C@H](CN[C@@H]2CCSc3ccc(F)cc32)c2ccccc2N1. The topological polar surface area (TPSA) is 41.1 Å². The Labute approximate surface area is 145 Å². The summed E-state index contributed by atoms with van der Waals surface area (Å²) in [6, 6.07) is 13.1. The number of thioether (sulfide) groups is 1. The fraction of sp³-hybridized carbons (Fsp3) is 0.316. The summed E-state index contributed by atoms with van der Waals surface area (Å²) in [5, 5.41) is 6.51. The van der Waals surface area contributed by atoms with Crippen molar-refractivity contribution in [3.63, 3.8) is 0 Å². The van der Waals surface area contributed by atoms with Gasteiger partial charge in [-0.1, -0.05) is 18.2 Å². The van der Waals surface area contributed by atoms with Crippen molar-refractivity contribution in [2.24, 2.45) is 0 Å². The molecule has 2 N–H and O–H groups in total. The molecule has 0 aromatic heterocycles. The number of carbonyl (C=O) groups is 1. The van der Waals surface area contributed by atoms with Crippen LogP contribution in [-0.4, -0.2) is 18.2 Å². The lowest BCUT2D eigenvalue weighted by Gasteiger charge is -2.30. The molecule has 0 aliphatic carbocycles. The van der Waals surface area contributed by atoms with E-state index in [4.69, 9.17) is 0 Å². The van der Waals surface area contributed by atoms with Gasteiger partial charge in [0.15, 0.2) is 0 Å². The van der Waals surface area contributed by atoms with Gasteiger partial charge in [0.1, 0.15) is 5.82 Å². The van der Waals surface area contributed by atoms with Crippen molar-refractivity contribution in [2.45, 2.75) is 29.7 Å². The summed E-state index contributed by atoms with van der Waals surface area (Å²) in [5.41, 5.74) is 3.13. The quantitative estimate of drug-likeness (QED) is 0.883. The summed E-state index contributed by atoms with van der Waals surface area (Å²) in [6.07, 6.45) is 1.46. The molecule has 4 rings (SSSR count). The molecule has 0 spiro atoms. The molecule has 2 aliphatic heterocycles. The number of benzene rings is 2. The highest BCUT2D eigenvalue weighted by molar-refractivity contribution is 7.99. The molecule has 124 valence electrons. The van der Waals surface area contributed by atoms with Gasteiger partial charge in [-0.25, -0.2) is 4.39 Å². The van der Waals surface area contributed by atoms with E-state index in [1.807, 2.05) is 24.3 Å². The molecule has 5 heteroatoms. The van der Waals surface area contributed by atoms with Crippen LogP contribution in [0.5, 0.6) is 0 Å². The van der Waals surface area contributed by atoms with Crippen molar-refractivity contribution < 1.29 is 9.18 Å². The molecule has 24 heavy (non-hydrogen) atoms. The number of fused-ring (bicyclic) bond motifs is 2.